The first-order chi connectivity index (χ1) is 11.9. The summed E-state index contributed by atoms with van der Waals surface area (Å²) in [6.45, 7) is 1.86. The molecule has 0 spiro atoms. The molecule has 0 heterocycles. The predicted molar refractivity (Wildman–Crippen MR) is 96.2 cm³/mol. The molecule has 2 aromatic carbocycles. The van der Waals surface area contributed by atoms with Gasteiger partial charge in [-0.1, -0.05) is 15.9 Å². The van der Waals surface area contributed by atoms with Crippen LogP contribution in [0.5, 0.6) is 11.5 Å². The maximum absolute atomic E-state index is 12.3. The van der Waals surface area contributed by atoms with Crippen LogP contribution in [0.15, 0.2) is 34.8 Å². The highest BCUT2D eigenvalue weighted by Gasteiger charge is 2.15. The fourth-order valence-corrected chi connectivity index (χ4v) is 2.77. The van der Waals surface area contributed by atoms with E-state index >= 15 is 0 Å². The lowest BCUT2D eigenvalue weighted by Gasteiger charge is -2.12. The second-order valence-corrected chi connectivity index (χ2v) is 6.09. The van der Waals surface area contributed by atoms with Crippen molar-refractivity contribution in [3.8, 4) is 11.5 Å². The van der Waals surface area contributed by atoms with E-state index in [0.29, 0.717) is 22.6 Å². The number of nitro groups is 1. The Morgan fingerprint density at radius 2 is 1.84 bits per heavy atom. The Labute approximate surface area is 153 Å². The van der Waals surface area contributed by atoms with E-state index in [2.05, 4.69) is 21.2 Å². The van der Waals surface area contributed by atoms with Crippen molar-refractivity contribution in [2.45, 2.75) is 13.5 Å². The summed E-state index contributed by atoms with van der Waals surface area (Å²) in [5.41, 5.74) is 1.59. The van der Waals surface area contributed by atoms with Gasteiger partial charge in [-0.3, -0.25) is 14.9 Å². The lowest BCUT2D eigenvalue weighted by Crippen LogP contribution is -2.23. The Hall–Kier alpha value is -2.61. The van der Waals surface area contributed by atoms with Crippen molar-refractivity contribution in [3.63, 3.8) is 0 Å². The molecule has 0 aromatic heterocycles. The summed E-state index contributed by atoms with van der Waals surface area (Å²) >= 11 is 3.43. The molecule has 7 nitrogen and oxygen atoms in total. The van der Waals surface area contributed by atoms with E-state index in [1.54, 1.807) is 26.2 Å². The van der Waals surface area contributed by atoms with Gasteiger partial charge < -0.3 is 14.8 Å². The average molecular weight is 409 g/mol. The van der Waals surface area contributed by atoms with Gasteiger partial charge >= 0.3 is 0 Å². The van der Waals surface area contributed by atoms with Crippen molar-refractivity contribution in [1.29, 1.82) is 0 Å². The summed E-state index contributed by atoms with van der Waals surface area (Å²) in [6, 6.07) is 7.79. The fourth-order valence-electron chi connectivity index (χ4n) is 2.31. The van der Waals surface area contributed by atoms with E-state index in [4.69, 9.17) is 9.47 Å². The second-order valence-electron chi connectivity index (χ2n) is 5.24. The van der Waals surface area contributed by atoms with E-state index in [0.717, 1.165) is 10.0 Å². The van der Waals surface area contributed by atoms with Gasteiger partial charge in [0, 0.05) is 28.2 Å². The lowest BCUT2D eigenvalue weighted by molar-refractivity contribution is -0.385. The largest absolute Gasteiger partial charge is 0.493 e. The molecule has 0 radical (unpaired) electrons. The molecular formula is C17H17BrN2O5. The number of hydrogen-bond acceptors (Lipinski definition) is 5. The Morgan fingerprint density at radius 1 is 1.20 bits per heavy atom. The number of nitro benzene ring substituents is 1. The summed E-state index contributed by atoms with van der Waals surface area (Å²) in [6.07, 6.45) is 0. The summed E-state index contributed by atoms with van der Waals surface area (Å²) < 4.78 is 11.2. The number of nitrogens with one attached hydrogen (secondary N) is 1. The van der Waals surface area contributed by atoms with Crippen LogP contribution in [0.3, 0.4) is 0 Å². The van der Waals surface area contributed by atoms with E-state index in [1.165, 1.54) is 25.3 Å². The van der Waals surface area contributed by atoms with Crippen molar-refractivity contribution in [2.75, 3.05) is 14.2 Å². The normalized spacial score (nSPS) is 10.2. The third-order valence-electron chi connectivity index (χ3n) is 3.65. The van der Waals surface area contributed by atoms with Gasteiger partial charge in [0.05, 0.1) is 19.1 Å². The van der Waals surface area contributed by atoms with Crippen molar-refractivity contribution in [1.82, 2.24) is 5.32 Å². The number of aryl methyl sites for hydroxylation is 1. The quantitative estimate of drug-likeness (QED) is 0.582. The second kappa shape index (κ2) is 7.98. The minimum atomic E-state index is -0.474. The van der Waals surface area contributed by atoms with Crippen LogP contribution in [0.25, 0.3) is 0 Å². The Bertz CT molecular complexity index is 823. The van der Waals surface area contributed by atoms with Crippen molar-refractivity contribution in [2.24, 2.45) is 0 Å². The van der Waals surface area contributed by atoms with Gasteiger partial charge in [0.25, 0.3) is 11.6 Å². The number of carbonyl (C=O) groups excluding carboxylic acids is 1. The third kappa shape index (κ3) is 4.27. The van der Waals surface area contributed by atoms with Crippen LogP contribution in [0.1, 0.15) is 21.5 Å². The molecule has 25 heavy (non-hydrogen) atoms. The van der Waals surface area contributed by atoms with E-state index in [1.807, 2.05) is 0 Å². The van der Waals surface area contributed by atoms with Crippen LogP contribution in [0.4, 0.5) is 5.69 Å². The van der Waals surface area contributed by atoms with Gasteiger partial charge in [-0.25, -0.2) is 0 Å². The van der Waals surface area contributed by atoms with Crippen LogP contribution >= 0.6 is 15.9 Å². The number of carbonyl (C=O) groups is 1. The number of benzene rings is 2. The van der Waals surface area contributed by atoms with Gasteiger partial charge in [0.2, 0.25) is 0 Å². The molecule has 0 saturated heterocycles. The summed E-state index contributed by atoms with van der Waals surface area (Å²) in [7, 11) is 3.08. The molecule has 2 aromatic rings. The highest BCUT2D eigenvalue weighted by atomic mass is 79.9. The average Bonchev–Trinajstić information content (AvgIpc) is 2.59. The first kappa shape index (κ1) is 18.7. The van der Waals surface area contributed by atoms with E-state index < -0.39 is 4.92 Å². The van der Waals surface area contributed by atoms with Crippen LogP contribution < -0.4 is 14.8 Å². The molecule has 0 aliphatic carbocycles. The molecule has 0 aliphatic rings. The topological polar surface area (TPSA) is 90.7 Å². The van der Waals surface area contributed by atoms with E-state index in [-0.39, 0.29) is 18.1 Å². The molecule has 0 saturated carbocycles. The summed E-state index contributed by atoms with van der Waals surface area (Å²) in [4.78, 5) is 22.7. The summed E-state index contributed by atoms with van der Waals surface area (Å²) in [5.74, 6) is 0.816. The highest BCUT2D eigenvalue weighted by molar-refractivity contribution is 9.10. The summed E-state index contributed by atoms with van der Waals surface area (Å²) in [5, 5.41) is 13.6. The number of methoxy groups -OCH3 is 2. The lowest BCUT2D eigenvalue weighted by atomic mass is 10.1. The SMILES string of the molecule is COc1cc(Br)c(CNC(=O)c2ccc([N+](=O)[O-])c(C)c2)cc1OC. The van der Waals surface area contributed by atoms with Gasteiger partial charge in [0.1, 0.15) is 0 Å². The van der Waals surface area contributed by atoms with Crippen LogP contribution in [-0.2, 0) is 6.54 Å². The van der Waals surface area contributed by atoms with Gasteiger partial charge in [0.15, 0.2) is 11.5 Å². The molecule has 8 heteroatoms. The smallest absolute Gasteiger partial charge is 0.272 e. The predicted octanol–water partition coefficient (Wildman–Crippen LogP) is 3.61. The molecule has 1 N–H and O–H groups in total. The Kier molecular flexibility index (Phi) is 5.97. The minimum absolute atomic E-state index is 0.0146. The van der Waals surface area contributed by atoms with Crippen LogP contribution in [-0.4, -0.2) is 25.1 Å². The molecule has 132 valence electrons. The molecule has 0 fully saturated rings. The number of rotatable bonds is 6. The van der Waals surface area contributed by atoms with Gasteiger partial charge in [-0.15, -0.1) is 0 Å². The minimum Gasteiger partial charge on any atom is -0.493 e. The zero-order valence-corrected chi connectivity index (χ0v) is 15.5. The standard InChI is InChI=1S/C17H17BrN2O5/c1-10-6-11(4-5-14(10)20(22)23)17(21)19-9-12-7-15(24-2)16(25-3)8-13(12)18/h4-8H,9H2,1-3H3,(H,19,21). The Balaban J connectivity index is 2.15. The van der Waals surface area contributed by atoms with Crippen molar-refractivity contribution in [3.05, 3.63) is 61.6 Å². The third-order valence-corrected chi connectivity index (χ3v) is 4.39. The molecule has 0 unspecified atom stereocenters. The number of hydrogen-bond donors (Lipinski definition) is 1. The molecule has 2 rings (SSSR count). The maximum atomic E-state index is 12.3. The number of amides is 1. The molecule has 0 atom stereocenters. The molecular weight excluding hydrogens is 392 g/mol. The fraction of sp³-hybridized carbons (Fsp3) is 0.235. The van der Waals surface area contributed by atoms with Crippen molar-refractivity contribution >= 4 is 27.5 Å². The number of nitrogens with zero attached hydrogens (tertiary/aromatic N) is 1. The van der Waals surface area contributed by atoms with Crippen LogP contribution in [0, 0.1) is 17.0 Å². The Morgan fingerprint density at radius 3 is 2.40 bits per heavy atom. The molecule has 0 aliphatic heterocycles. The van der Waals surface area contributed by atoms with Gasteiger partial charge in [-0.2, -0.15) is 0 Å². The van der Waals surface area contributed by atoms with Crippen molar-refractivity contribution < 1.29 is 19.2 Å². The zero-order chi connectivity index (χ0) is 18.6. The number of halogens is 1. The van der Waals surface area contributed by atoms with E-state index in [9.17, 15) is 14.9 Å². The number of ether oxygens (including phenoxy) is 2. The highest BCUT2D eigenvalue weighted by Crippen LogP contribution is 2.33. The maximum Gasteiger partial charge on any atom is 0.272 e. The first-order valence-corrected chi connectivity index (χ1v) is 8.10. The zero-order valence-electron chi connectivity index (χ0n) is 14.0. The molecule has 1 amide bonds. The first-order valence-electron chi connectivity index (χ1n) is 7.31. The van der Waals surface area contributed by atoms with Gasteiger partial charge in [-0.05, 0) is 36.8 Å². The molecule has 0 bridgehead atoms. The monoisotopic (exact) mass is 408 g/mol. The van der Waals surface area contributed by atoms with Crippen LogP contribution in [0.2, 0.25) is 0 Å².